The Kier molecular flexibility index (Phi) is 22.2. The minimum atomic E-state index is -4.55. The van der Waals surface area contributed by atoms with Gasteiger partial charge in [-0.25, -0.2) is 23.8 Å². The minimum absolute atomic E-state index is 0.0503. The molecule has 5 heterocycles. The van der Waals surface area contributed by atoms with Gasteiger partial charge in [-0.3, -0.25) is 39.5 Å². The molecular weight excluding hydrogens is 1250 g/mol. The molecule has 5 aromatic heterocycles. The first kappa shape index (κ1) is 67.7. The number of pyridine rings is 3. The molecule has 0 aliphatic rings. The van der Waals surface area contributed by atoms with Gasteiger partial charge in [0.25, 0.3) is 5.91 Å². The highest BCUT2D eigenvalue weighted by Gasteiger charge is 2.34. The number of nitrogens with two attached hydrogens (primary N) is 1. The zero-order valence-corrected chi connectivity index (χ0v) is 47.9. The van der Waals surface area contributed by atoms with Crippen LogP contribution in [-0.4, -0.2) is 61.7 Å². The molecule has 0 radical (unpaired) electrons. The number of nitrogens with one attached hydrogen (secondary N) is 1. The molecule has 0 bridgehead atoms. The van der Waals surface area contributed by atoms with E-state index in [1.807, 2.05) is 0 Å². The summed E-state index contributed by atoms with van der Waals surface area (Å²) in [6.07, 6.45) is -13.4. The van der Waals surface area contributed by atoms with Crippen LogP contribution >= 0.6 is 22.7 Å². The van der Waals surface area contributed by atoms with E-state index in [4.69, 9.17) is 5.73 Å². The summed E-state index contributed by atoms with van der Waals surface area (Å²) in [6, 6.07) is 37.2. The number of aromatic nitrogens is 5. The summed E-state index contributed by atoms with van der Waals surface area (Å²) in [5, 5.41) is 3.53. The van der Waals surface area contributed by atoms with E-state index in [1.165, 1.54) is 75.1 Å². The summed E-state index contributed by atoms with van der Waals surface area (Å²) >= 11 is 2.01. The van der Waals surface area contributed by atoms with Gasteiger partial charge in [-0.15, -0.1) is 0 Å². The fraction of sp³-hybridized carbons (Fsp3) is 0.129. The number of hydroxylamine groups is 2. The zero-order valence-electron chi connectivity index (χ0n) is 46.3. The van der Waals surface area contributed by atoms with E-state index in [2.05, 4.69) is 35.1 Å². The Balaban J connectivity index is 0.000000177. The number of carbonyl (C=O) groups excluding carboxylic acids is 3. The maximum absolute atomic E-state index is 13.9. The molecule has 10 rings (SSSR count). The Morgan fingerprint density at radius 1 is 0.511 bits per heavy atom. The predicted octanol–water partition coefficient (Wildman–Crippen LogP) is 16.7. The van der Waals surface area contributed by atoms with E-state index in [9.17, 15) is 75.8 Å². The summed E-state index contributed by atoms with van der Waals surface area (Å²) in [5.41, 5.74) is 5.01. The predicted molar refractivity (Wildman–Crippen MR) is 309 cm³/mol. The molecule has 0 saturated heterocycles. The monoisotopic (exact) mass is 1290 g/mol. The molecule has 90 heavy (non-hydrogen) atoms. The fourth-order valence-corrected chi connectivity index (χ4v) is 9.71. The van der Waals surface area contributed by atoms with Gasteiger partial charge < -0.3 is 5.73 Å². The van der Waals surface area contributed by atoms with Crippen LogP contribution in [0.25, 0.3) is 43.7 Å². The van der Waals surface area contributed by atoms with Crippen molar-refractivity contribution in [1.82, 2.24) is 30.0 Å². The average Bonchev–Trinajstić information content (AvgIpc) is 1.75. The number of likely N-dealkylation sites (N-methyl/N-ethyl adjacent to an activating group) is 1. The van der Waals surface area contributed by atoms with E-state index in [0.717, 1.165) is 94.5 Å². The van der Waals surface area contributed by atoms with Crippen LogP contribution < -0.4 is 11.1 Å². The number of benzene rings is 5. The second-order valence-corrected chi connectivity index (χ2v) is 20.6. The summed E-state index contributed by atoms with van der Waals surface area (Å²) in [4.78, 5) is 61.9. The topological polar surface area (TPSA) is 166 Å². The lowest BCUT2D eigenvalue weighted by atomic mass is 10.0. The molecule has 10 aromatic rings. The van der Waals surface area contributed by atoms with Crippen molar-refractivity contribution in [3.63, 3.8) is 0 Å². The third-order valence-corrected chi connectivity index (χ3v) is 14.2. The molecule has 2 amide bonds. The number of hydrogen-bond acceptors (Lipinski definition) is 12. The van der Waals surface area contributed by atoms with Gasteiger partial charge in [0.05, 0.1) is 56.9 Å². The SMILES string of the molecule is CON(C)C(=O)Cc1cccc(C(F)(F)F)c1.Nc1nc(-c2ccccn2)c(-c2cccc(C(F)(F)F)c2)s1.O=C(Cc1cccc(C(F)(F)F)c1)c1ccccn1.O=C(Nc1nc(-c2ccccn2)c(-c2cccc(C(F)(F)F)c2)s1)c1c(F)cccc1F. The second-order valence-electron chi connectivity index (χ2n) is 18.5. The number of Topliss-reactive ketones (excluding diaryl/α,β-unsaturated/α-hetero) is 1. The van der Waals surface area contributed by atoms with Crippen molar-refractivity contribution in [2.45, 2.75) is 37.5 Å². The van der Waals surface area contributed by atoms with Crippen LogP contribution in [0.4, 0.5) is 71.7 Å². The molecule has 466 valence electrons. The van der Waals surface area contributed by atoms with Crippen molar-refractivity contribution in [1.29, 1.82) is 0 Å². The molecule has 0 atom stereocenters. The van der Waals surface area contributed by atoms with Crippen molar-refractivity contribution in [2.24, 2.45) is 0 Å². The second kappa shape index (κ2) is 29.5. The van der Waals surface area contributed by atoms with Crippen molar-refractivity contribution in [2.75, 3.05) is 25.2 Å². The summed E-state index contributed by atoms with van der Waals surface area (Å²) in [5.74, 6) is -3.89. The van der Waals surface area contributed by atoms with Crippen LogP contribution in [0.5, 0.6) is 0 Å². The van der Waals surface area contributed by atoms with E-state index >= 15 is 0 Å². The molecule has 0 unspecified atom stereocenters. The number of carbonyl (C=O) groups is 3. The summed E-state index contributed by atoms with van der Waals surface area (Å²) in [6.45, 7) is 0. The fourth-order valence-electron chi connectivity index (χ4n) is 7.91. The minimum Gasteiger partial charge on any atom is -0.375 e. The number of nitrogen functional groups attached to an aromatic ring is 1. The van der Waals surface area contributed by atoms with Crippen molar-refractivity contribution in [3.8, 4) is 43.7 Å². The Hall–Kier alpha value is -9.80. The average molecular weight is 1300 g/mol. The highest BCUT2D eigenvalue weighted by atomic mass is 32.1. The first-order chi connectivity index (χ1) is 42.5. The van der Waals surface area contributed by atoms with Gasteiger partial charge in [-0.05, 0) is 107 Å². The number of ketones is 1. The van der Waals surface area contributed by atoms with Crippen LogP contribution in [0, 0.1) is 11.6 Å². The van der Waals surface area contributed by atoms with Gasteiger partial charge in [0.2, 0.25) is 5.91 Å². The van der Waals surface area contributed by atoms with Crippen LogP contribution in [0.15, 0.2) is 188 Å². The maximum Gasteiger partial charge on any atom is 0.416 e. The van der Waals surface area contributed by atoms with Crippen molar-refractivity contribution < 1.29 is 80.7 Å². The normalized spacial score (nSPS) is 11.4. The number of thiazole rings is 2. The lowest BCUT2D eigenvalue weighted by Crippen LogP contribution is -2.27. The molecule has 0 aliphatic carbocycles. The molecule has 5 aromatic carbocycles. The Morgan fingerprint density at radius 2 is 0.933 bits per heavy atom. The first-order valence-corrected chi connectivity index (χ1v) is 27.4. The zero-order chi connectivity index (χ0) is 65.6. The van der Waals surface area contributed by atoms with Crippen LogP contribution in [0.1, 0.15) is 54.2 Å². The van der Waals surface area contributed by atoms with Gasteiger partial charge in [0.1, 0.15) is 34.3 Å². The largest absolute Gasteiger partial charge is 0.416 e. The number of nitrogens with zero attached hydrogens (tertiary/aromatic N) is 6. The number of anilines is 2. The third-order valence-electron chi connectivity index (χ3n) is 12.2. The van der Waals surface area contributed by atoms with Gasteiger partial charge in [0.15, 0.2) is 16.0 Å². The Bertz CT molecular complexity index is 4050. The Morgan fingerprint density at radius 3 is 1.38 bits per heavy atom. The number of amides is 2. The third kappa shape index (κ3) is 18.6. The van der Waals surface area contributed by atoms with Gasteiger partial charge in [-0.2, -0.15) is 52.7 Å². The number of hydrogen-bond donors (Lipinski definition) is 2. The molecule has 0 aliphatic heterocycles. The van der Waals surface area contributed by atoms with Crippen molar-refractivity contribution in [3.05, 3.63) is 245 Å². The molecule has 0 spiro atoms. The first-order valence-electron chi connectivity index (χ1n) is 25.8. The molecule has 0 fully saturated rings. The highest BCUT2D eigenvalue weighted by molar-refractivity contribution is 7.19. The van der Waals surface area contributed by atoms with Gasteiger partial charge >= 0.3 is 24.7 Å². The van der Waals surface area contributed by atoms with Crippen molar-refractivity contribution >= 4 is 50.5 Å². The number of alkyl halides is 12. The quantitative estimate of drug-likeness (QED) is 0.0683. The lowest BCUT2D eigenvalue weighted by molar-refractivity contribution is -0.167. The Labute approximate surface area is 510 Å². The molecule has 12 nitrogen and oxygen atoms in total. The summed E-state index contributed by atoms with van der Waals surface area (Å²) < 4.78 is 181. The van der Waals surface area contributed by atoms with Crippen LogP contribution in [-0.2, 0) is 47.2 Å². The van der Waals surface area contributed by atoms with Gasteiger partial charge in [0, 0.05) is 32.1 Å². The van der Waals surface area contributed by atoms with E-state index in [-0.39, 0.29) is 45.8 Å². The lowest BCUT2D eigenvalue weighted by Gasteiger charge is -2.14. The van der Waals surface area contributed by atoms with E-state index in [0.29, 0.717) is 43.5 Å². The molecule has 3 N–H and O–H groups in total. The molecular formula is C62H44F14N8O4S2. The molecule has 28 heteroatoms. The summed E-state index contributed by atoms with van der Waals surface area (Å²) in [7, 11) is 2.71. The van der Waals surface area contributed by atoms with E-state index < -0.39 is 76.0 Å². The standard InChI is InChI=1S/C22H12F5N3OS.C15H10F3N3S.C14H10F3NO.C11H12F3NO2/c23-14-7-4-8-15(24)17(14)20(31)30-21-29-18(16-9-1-2-10-28-16)19(32-21)12-5-3-6-13(11-12)22(25,26)27;16-15(17,18)10-5-3-4-9(8-10)13-12(21-14(19)22-13)11-6-1-2-7-20-11;15-14(16,17)11-5-3-4-10(8-11)9-13(19)12-6-1-2-7-18-12;1-15(17-2)10(16)7-8-4-3-5-9(6-8)11(12,13)14/h1-11H,(H,29,30,31);1-8H,(H2,19,21);1-8H,9H2;3-6H,7H2,1-2H3. The van der Waals surface area contributed by atoms with Crippen LogP contribution in [0.3, 0.4) is 0 Å². The van der Waals surface area contributed by atoms with Crippen LogP contribution in [0.2, 0.25) is 0 Å². The smallest absolute Gasteiger partial charge is 0.375 e. The van der Waals surface area contributed by atoms with Gasteiger partial charge in [-0.1, -0.05) is 108 Å². The molecule has 0 saturated carbocycles. The van der Waals surface area contributed by atoms with E-state index in [1.54, 1.807) is 60.8 Å². The maximum atomic E-state index is 13.9. The highest BCUT2D eigenvalue weighted by Crippen LogP contribution is 2.42. The number of rotatable bonds is 12. The number of halogens is 14.